The Morgan fingerprint density at radius 2 is 1.92 bits per heavy atom. The highest BCUT2D eigenvalue weighted by molar-refractivity contribution is 5.96. The number of rotatable bonds is 4. The monoisotopic (exact) mass is 182 g/mol. The van der Waals surface area contributed by atoms with E-state index in [1.807, 2.05) is 0 Å². The quantitative estimate of drug-likeness (QED) is 0.514. The molecule has 70 valence electrons. The molecule has 0 fully saturated rings. The number of Topliss-reactive ketones (excluding diaryl/α,β-unsaturated/α-hetero) is 1. The molecule has 1 aromatic carbocycles. The Labute approximate surface area is 75.4 Å². The van der Waals surface area contributed by atoms with Crippen molar-refractivity contribution in [2.24, 2.45) is 0 Å². The van der Waals surface area contributed by atoms with Gasteiger partial charge in [0.15, 0.2) is 5.78 Å². The second-order valence-electron chi connectivity index (χ2n) is 2.43. The van der Waals surface area contributed by atoms with Gasteiger partial charge in [0.1, 0.15) is 6.61 Å². The van der Waals surface area contributed by atoms with Crippen LogP contribution in [0.5, 0.6) is 0 Å². The molecule has 4 nitrogen and oxygen atoms in total. The molecule has 0 saturated carbocycles. The first-order valence-corrected chi connectivity index (χ1v) is 3.76. The third-order valence-corrected chi connectivity index (χ3v) is 1.46. The number of carbonyl (C=O) groups is 1. The largest absolute Gasteiger partial charge is 0.346 e. The van der Waals surface area contributed by atoms with Gasteiger partial charge in [0.25, 0.3) is 6.48 Å². The van der Waals surface area contributed by atoms with Crippen LogP contribution in [0.2, 0.25) is 0 Å². The molecule has 0 saturated heterocycles. The van der Waals surface area contributed by atoms with Crippen molar-refractivity contribution < 1.29 is 19.7 Å². The van der Waals surface area contributed by atoms with Crippen molar-refractivity contribution in [3.63, 3.8) is 0 Å². The highest BCUT2D eigenvalue weighted by Gasteiger charge is 2.06. The van der Waals surface area contributed by atoms with E-state index in [9.17, 15) is 4.79 Å². The Morgan fingerprint density at radius 3 is 2.46 bits per heavy atom. The van der Waals surface area contributed by atoms with E-state index in [4.69, 9.17) is 10.2 Å². The molecule has 13 heavy (non-hydrogen) atoms. The van der Waals surface area contributed by atoms with Gasteiger partial charge < -0.3 is 14.9 Å². The zero-order chi connectivity index (χ0) is 9.68. The van der Waals surface area contributed by atoms with Crippen LogP contribution in [0.4, 0.5) is 0 Å². The van der Waals surface area contributed by atoms with Gasteiger partial charge in [0, 0.05) is 5.56 Å². The molecule has 0 aliphatic carbocycles. The highest BCUT2D eigenvalue weighted by atomic mass is 16.7. The third-order valence-electron chi connectivity index (χ3n) is 1.46. The first-order chi connectivity index (χ1) is 6.20. The van der Waals surface area contributed by atoms with Gasteiger partial charge in [0.05, 0.1) is 0 Å². The van der Waals surface area contributed by atoms with Gasteiger partial charge in [-0.3, -0.25) is 4.79 Å². The molecule has 0 aromatic heterocycles. The van der Waals surface area contributed by atoms with Crippen molar-refractivity contribution >= 4 is 5.78 Å². The lowest BCUT2D eigenvalue weighted by molar-refractivity contribution is -0.227. The smallest absolute Gasteiger partial charge is 0.266 e. The highest BCUT2D eigenvalue weighted by Crippen LogP contribution is 2.00. The standard InChI is InChI=1S/C9H10O4/c10-8(6-13-9(11)12)7-4-2-1-3-5-7/h1-5,9,11-12H,6H2. The maximum Gasteiger partial charge on any atom is 0.266 e. The number of ether oxygens (including phenoxy) is 1. The van der Waals surface area contributed by atoms with Crippen molar-refractivity contribution in [1.29, 1.82) is 0 Å². The minimum Gasteiger partial charge on any atom is -0.346 e. The summed E-state index contributed by atoms with van der Waals surface area (Å²) in [7, 11) is 0. The maximum absolute atomic E-state index is 11.2. The summed E-state index contributed by atoms with van der Waals surface area (Å²) in [5, 5.41) is 16.7. The molecule has 2 N–H and O–H groups in total. The van der Waals surface area contributed by atoms with Crippen LogP contribution >= 0.6 is 0 Å². The molecule has 0 radical (unpaired) electrons. The van der Waals surface area contributed by atoms with E-state index < -0.39 is 6.48 Å². The summed E-state index contributed by atoms with van der Waals surface area (Å²) in [6.07, 6.45) is 0. The van der Waals surface area contributed by atoms with E-state index in [1.165, 1.54) is 0 Å². The second-order valence-corrected chi connectivity index (χ2v) is 2.43. The number of carbonyl (C=O) groups excluding carboxylic acids is 1. The summed E-state index contributed by atoms with van der Waals surface area (Å²) in [6.45, 7) is -2.23. The Hall–Kier alpha value is -1.23. The summed E-state index contributed by atoms with van der Waals surface area (Å²) in [6, 6.07) is 8.51. The Balaban J connectivity index is 2.50. The third kappa shape index (κ3) is 3.33. The van der Waals surface area contributed by atoms with Crippen molar-refractivity contribution in [1.82, 2.24) is 0 Å². The summed E-state index contributed by atoms with van der Waals surface area (Å²) in [4.78, 5) is 11.2. The van der Waals surface area contributed by atoms with Crippen molar-refractivity contribution in [3.8, 4) is 0 Å². The molecule has 0 atom stereocenters. The molecule has 0 spiro atoms. The van der Waals surface area contributed by atoms with E-state index in [1.54, 1.807) is 30.3 Å². The lowest BCUT2D eigenvalue weighted by atomic mass is 10.1. The minimum absolute atomic E-state index is 0.284. The first-order valence-electron chi connectivity index (χ1n) is 3.76. The normalized spacial score (nSPS) is 10.4. The molecule has 0 bridgehead atoms. The zero-order valence-corrected chi connectivity index (χ0v) is 6.88. The molecule has 0 amide bonds. The lowest BCUT2D eigenvalue weighted by Gasteiger charge is -2.04. The van der Waals surface area contributed by atoms with E-state index in [0.717, 1.165) is 0 Å². The van der Waals surface area contributed by atoms with Gasteiger partial charge in [0.2, 0.25) is 0 Å². The molecule has 0 unspecified atom stereocenters. The summed E-state index contributed by atoms with van der Waals surface area (Å²) < 4.78 is 4.32. The molecule has 0 aliphatic heterocycles. The van der Waals surface area contributed by atoms with E-state index in [2.05, 4.69) is 4.74 Å². The van der Waals surface area contributed by atoms with Crippen LogP contribution in [0.1, 0.15) is 10.4 Å². The fourth-order valence-electron chi connectivity index (χ4n) is 0.858. The van der Waals surface area contributed by atoms with Gasteiger partial charge in [-0.25, -0.2) is 0 Å². The lowest BCUT2D eigenvalue weighted by Crippen LogP contribution is -2.17. The average molecular weight is 182 g/mol. The molecule has 4 heteroatoms. The zero-order valence-electron chi connectivity index (χ0n) is 6.88. The Kier molecular flexibility index (Phi) is 3.57. The van der Waals surface area contributed by atoms with Gasteiger partial charge in [-0.15, -0.1) is 0 Å². The fourth-order valence-corrected chi connectivity index (χ4v) is 0.858. The summed E-state index contributed by atoms with van der Waals surface area (Å²) in [5.74, 6) is -0.284. The van der Waals surface area contributed by atoms with Crippen molar-refractivity contribution in [3.05, 3.63) is 35.9 Å². The topological polar surface area (TPSA) is 66.8 Å². The molecule has 0 heterocycles. The molecule has 0 aliphatic rings. The number of hydrogen-bond donors (Lipinski definition) is 2. The van der Waals surface area contributed by atoms with Crippen LogP contribution in [0.25, 0.3) is 0 Å². The Morgan fingerprint density at radius 1 is 1.31 bits per heavy atom. The number of aliphatic hydroxyl groups is 2. The SMILES string of the molecule is O=C(COC(O)O)c1ccccc1. The number of hydrogen-bond acceptors (Lipinski definition) is 4. The van der Waals surface area contributed by atoms with Crippen molar-refractivity contribution in [2.45, 2.75) is 6.48 Å². The first kappa shape index (κ1) is 9.85. The number of ketones is 1. The molecular weight excluding hydrogens is 172 g/mol. The van der Waals surface area contributed by atoms with Gasteiger partial charge in [-0.05, 0) is 0 Å². The van der Waals surface area contributed by atoms with E-state index in [-0.39, 0.29) is 12.4 Å². The summed E-state index contributed by atoms with van der Waals surface area (Å²) >= 11 is 0. The predicted molar refractivity (Wildman–Crippen MR) is 45.0 cm³/mol. The average Bonchev–Trinajstić information content (AvgIpc) is 2.15. The minimum atomic E-state index is -1.90. The number of aliphatic hydroxyl groups excluding tert-OH is 1. The summed E-state index contributed by atoms with van der Waals surface area (Å²) in [5.41, 5.74) is 0.489. The van der Waals surface area contributed by atoms with Gasteiger partial charge in [-0.1, -0.05) is 30.3 Å². The fraction of sp³-hybridized carbons (Fsp3) is 0.222. The second kappa shape index (κ2) is 4.71. The van der Waals surface area contributed by atoms with Crippen molar-refractivity contribution in [2.75, 3.05) is 6.61 Å². The van der Waals surface area contributed by atoms with Crippen LogP contribution in [-0.2, 0) is 4.74 Å². The van der Waals surface area contributed by atoms with Gasteiger partial charge in [-0.2, -0.15) is 0 Å². The van der Waals surface area contributed by atoms with Crippen LogP contribution < -0.4 is 0 Å². The predicted octanol–water partition coefficient (Wildman–Crippen LogP) is 0.154. The van der Waals surface area contributed by atoms with Crippen LogP contribution in [0.3, 0.4) is 0 Å². The van der Waals surface area contributed by atoms with Crippen LogP contribution in [-0.4, -0.2) is 29.1 Å². The van der Waals surface area contributed by atoms with Crippen LogP contribution in [0.15, 0.2) is 30.3 Å². The molecule has 1 rings (SSSR count). The van der Waals surface area contributed by atoms with E-state index >= 15 is 0 Å². The Bertz CT molecular complexity index is 268. The van der Waals surface area contributed by atoms with Crippen LogP contribution in [0, 0.1) is 0 Å². The molecule has 1 aromatic rings. The molecular formula is C9H10O4. The van der Waals surface area contributed by atoms with E-state index in [0.29, 0.717) is 5.56 Å². The van der Waals surface area contributed by atoms with Gasteiger partial charge >= 0.3 is 0 Å². The maximum atomic E-state index is 11.2. The number of benzene rings is 1.